The summed E-state index contributed by atoms with van der Waals surface area (Å²) in [5.41, 5.74) is 10.3. The van der Waals surface area contributed by atoms with Gasteiger partial charge in [-0.15, -0.1) is 0 Å². The van der Waals surface area contributed by atoms with Crippen LogP contribution in [0.15, 0.2) is 156 Å². The molecule has 0 saturated heterocycles. The summed E-state index contributed by atoms with van der Waals surface area (Å²) in [5, 5.41) is 9.83. The Morgan fingerprint density at radius 1 is 0.386 bits per heavy atom. The third-order valence-electron chi connectivity index (χ3n) is 9.14. The Balaban J connectivity index is 1.36. The summed E-state index contributed by atoms with van der Waals surface area (Å²) < 4.78 is 6.73. The van der Waals surface area contributed by atoms with Gasteiger partial charge < -0.3 is 4.42 Å². The van der Waals surface area contributed by atoms with E-state index in [1.54, 1.807) is 0 Å². The third kappa shape index (κ3) is 3.66. The first kappa shape index (κ1) is 24.9. The van der Waals surface area contributed by atoms with Crippen LogP contribution in [-0.2, 0) is 0 Å². The average molecular weight is 561 g/mol. The molecule has 8 aromatic carbocycles. The van der Waals surface area contributed by atoms with E-state index in [2.05, 4.69) is 159 Å². The van der Waals surface area contributed by atoms with E-state index in [0.29, 0.717) is 0 Å². The number of para-hydroxylation sites is 1. The highest BCUT2D eigenvalue weighted by Gasteiger charge is 2.19. The van der Waals surface area contributed by atoms with Gasteiger partial charge in [0, 0.05) is 16.3 Å². The van der Waals surface area contributed by atoms with Gasteiger partial charge in [0.1, 0.15) is 11.2 Å². The molecule has 0 fully saturated rings. The van der Waals surface area contributed by atoms with Crippen molar-refractivity contribution in [1.82, 2.24) is 0 Å². The van der Waals surface area contributed by atoms with E-state index >= 15 is 0 Å². The second-order valence-electron chi connectivity index (χ2n) is 11.7. The molecule has 0 radical (unpaired) electrons. The van der Waals surface area contributed by atoms with Gasteiger partial charge in [-0.1, -0.05) is 140 Å². The smallest absolute Gasteiger partial charge is 0.143 e. The third-order valence-corrected chi connectivity index (χ3v) is 9.14. The van der Waals surface area contributed by atoms with Gasteiger partial charge in [0.25, 0.3) is 0 Å². The minimum Gasteiger partial charge on any atom is -0.455 e. The molecule has 1 aromatic heterocycles. The molecule has 206 valence electrons. The summed E-state index contributed by atoms with van der Waals surface area (Å²) in [6.45, 7) is 2.13. The minimum atomic E-state index is 0.944. The van der Waals surface area contributed by atoms with Crippen molar-refractivity contribution in [2.75, 3.05) is 0 Å². The van der Waals surface area contributed by atoms with Gasteiger partial charge in [0.15, 0.2) is 0 Å². The molecule has 0 aliphatic rings. The molecular weight excluding hydrogens is 532 g/mol. The summed E-state index contributed by atoms with van der Waals surface area (Å²) in [7, 11) is 0. The van der Waals surface area contributed by atoms with Crippen molar-refractivity contribution in [3.05, 3.63) is 157 Å². The molecule has 0 spiro atoms. The van der Waals surface area contributed by atoms with Crippen LogP contribution in [0.25, 0.3) is 87.6 Å². The molecule has 1 heteroatoms. The zero-order chi connectivity index (χ0) is 29.2. The predicted octanol–water partition coefficient (Wildman–Crippen LogP) is 12.4. The Morgan fingerprint density at radius 3 is 1.61 bits per heavy atom. The molecule has 9 rings (SSSR count). The van der Waals surface area contributed by atoms with Crippen LogP contribution in [0.3, 0.4) is 0 Å². The molecule has 0 aliphatic carbocycles. The fourth-order valence-corrected chi connectivity index (χ4v) is 7.20. The monoisotopic (exact) mass is 560 g/mol. The fraction of sp³-hybridized carbons (Fsp3) is 0.0233. The highest BCUT2D eigenvalue weighted by Crippen LogP contribution is 2.46. The van der Waals surface area contributed by atoms with Gasteiger partial charge in [-0.3, -0.25) is 0 Å². The molecule has 0 amide bonds. The summed E-state index contributed by atoms with van der Waals surface area (Å²) in [6, 6.07) is 54.9. The number of hydrogen-bond donors (Lipinski definition) is 0. The Morgan fingerprint density at radius 2 is 0.909 bits per heavy atom. The van der Waals surface area contributed by atoms with Crippen LogP contribution in [0.5, 0.6) is 0 Å². The number of rotatable bonds is 3. The van der Waals surface area contributed by atoms with Crippen LogP contribution < -0.4 is 0 Å². The maximum absolute atomic E-state index is 6.73. The molecule has 0 saturated carbocycles. The summed E-state index contributed by atoms with van der Waals surface area (Å²) in [5.74, 6) is 0. The summed E-state index contributed by atoms with van der Waals surface area (Å²) >= 11 is 0. The molecule has 0 unspecified atom stereocenters. The van der Waals surface area contributed by atoms with E-state index in [1.165, 1.54) is 65.3 Å². The maximum atomic E-state index is 6.73. The lowest BCUT2D eigenvalue weighted by Gasteiger charge is -2.18. The number of fused-ring (bicyclic) bond motifs is 7. The lowest BCUT2D eigenvalue weighted by Crippen LogP contribution is -1.91. The van der Waals surface area contributed by atoms with Gasteiger partial charge >= 0.3 is 0 Å². The van der Waals surface area contributed by atoms with Gasteiger partial charge in [-0.2, -0.15) is 0 Å². The van der Waals surface area contributed by atoms with Crippen LogP contribution in [0.4, 0.5) is 0 Å². The molecular formula is C43H28O. The van der Waals surface area contributed by atoms with Crippen molar-refractivity contribution in [3.8, 4) is 33.4 Å². The largest absolute Gasteiger partial charge is 0.455 e. The lowest BCUT2D eigenvalue weighted by molar-refractivity contribution is 0.667. The molecule has 44 heavy (non-hydrogen) atoms. The first-order valence-corrected chi connectivity index (χ1v) is 15.2. The van der Waals surface area contributed by atoms with E-state index in [1.807, 2.05) is 0 Å². The topological polar surface area (TPSA) is 13.1 Å². The quantitative estimate of drug-likeness (QED) is 0.196. The number of hydrogen-bond acceptors (Lipinski definition) is 1. The van der Waals surface area contributed by atoms with Crippen molar-refractivity contribution in [2.45, 2.75) is 6.92 Å². The molecule has 0 bridgehead atoms. The second-order valence-corrected chi connectivity index (χ2v) is 11.7. The van der Waals surface area contributed by atoms with Crippen LogP contribution in [0, 0.1) is 6.92 Å². The van der Waals surface area contributed by atoms with Crippen LogP contribution in [0.2, 0.25) is 0 Å². The Kier molecular flexibility index (Phi) is 5.48. The second kappa shape index (κ2) is 9.69. The van der Waals surface area contributed by atoms with Crippen molar-refractivity contribution >= 4 is 54.3 Å². The molecule has 0 N–H and O–H groups in total. The number of furan rings is 1. The SMILES string of the molecule is Cc1cccc2c1oc1c(-c3cccc(-c4c5ccccc5c(-c5ccccc5)c5ccccc45)c3)cc3ccccc3c12. The highest BCUT2D eigenvalue weighted by atomic mass is 16.3. The number of aryl methyl sites for hydroxylation is 1. The summed E-state index contributed by atoms with van der Waals surface area (Å²) in [4.78, 5) is 0. The van der Waals surface area contributed by atoms with E-state index < -0.39 is 0 Å². The van der Waals surface area contributed by atoms with Crippen LogP contribution in [-0.4, -0.2) is 0 Å². The predicted molar refractivity (Wildman–Crippen MR) is 187 cm³/mol. The van der Waals surface area contributed by atoms with Crippen molar-refractivity contribution in [2.24, 2.45) is 0 Å². The lowest BCUT2D eigenvalue weighted by atomic mass is 9.85. The van der Waals surface area contributed by atoms with E-state index in [9.17, 15) is 0 Å². The fourth-order valence-electron chi connectivity index (χ4n) is 7.20. The molecule has 0 aliphatic heterocycles. The van der Waals surface area contributed by atoms with Crippen molar-refractivity contribution < 1.29 is 4.42 Å². The minimum absolute atomic E-state index is 0.944. The standard InChI is InChI=1S/C43H28O/c1-27-13-11-24-37-41-32-19-6-5-16-30(32)26-38(43(41)44-42(27)37)29-17-12-18-31(25-29)40-35-22-9-7-20-33(35)39(28-14-3-2-4-15-28)34-21-8-10-23-36(34)40/h2-26H,1H3. The van der Waals surface area contributed by atoms with Crippen molar-refractivity contribution in [3.63, 3.8) is 0 Å². The van der Waals surface area contributed by atoms with Crippen molar-refractivity contribution in [1.29, 1.82) is 0 Å². The average Bonchev–Trinajstić information content (AvgIpc) is 3.48. The Hall–Kier alpha value is -5.66. The summed E-state index contributed by atoms with van der Waals surface area (Å²) in [6.07, 6.45) is 0. The zero-order valence-corrected chi connectivity index (χ0v) is 24.3. The van der Waals surface area contributed by atoms with E-state index in [-0.39, 0.29) is 0 Å². The van der Waals surface area contributed by atoms with E-state index in [4.69, 9.17) is 4.42 Å². The first-order valence-electron chi connectivity index (χ1n) is 15.2. The van der Waals surface area contributed by atoms with Gasteiger partial charge in [0.05, 0.1) is 0 Å². The van der Waals surface area contributed by atoms with Crippen LogP contribution in [0.1, 0.15) is 5.56 Å². The van der Waals surface area contributed by atoms with Gasteiger partial charge in [-0.05, 0) is 84.8 Å². The van der Waals surface area contributed by atoms with Gasteiger partial charge in [0.2, 0.25) is 0 Å². The van der Waals surface area contributed by atoms with Crippen LogP contribution >= 0.6 is 0 Å². The zero-order valence-electron chi connectivity index (χ0n) is 24.3. The molecule has 1 heterocycles. The molecule has 9 aromatic rings. The maximum Gasteiger partial charge on any atom is 0.143 e. The van der Waals surface area contributed by atoms with Gasteiger partial charge in [-0.25, -0.2) is 0 Å². The highest BCUT2D eigenvalue weighted by molar-refractivity contribution is 6.24. The Bertz CT molecular complexity index is 2490. The number of benzene rings is 8. The normalized spacial score (nSPS) is 11.8. The first-order chi connectivity index (χ1) is 21.8. The molecule has 0 atom stereocenters. The Labute approximate surface area is 255 Å². The van der Waals surface area contributed by atoms with E-state index in [0.717, 1.165) is 27.9 Å². The molecule has 1 nitrogen and oxygen atoms in total.